The zero-order chi connectivity index (χ0) is 24.9. The van der Waals surface area contributed by atoms with E-state index in [2.05, 4.69) is 0 Å². The molecule has 3 aliphatic carbocycles. The van der Waals surface area contributed by atoms with Crippen molar-refractivity contribution in [1.82, 2.24) is 4.90 Å². The van der Waals surface area contributed by atoms with Gasteiger partial charge < -0.3 is 34.1 Å². The quantitative estimate of drug-likeness (QED) is 0.378. The highest BCUT2D eigenvalue weighted by Crippen LogP contribution is 2.67. The minimum atomic E-state index is -1.24. The zero-order valence-electron chi connectivity index (χ0n) is 20.4. The van der Waals surface area contributed by atoms with Crippen molar-refractivity contribution in [2.24, 2.45) is 5.92 Å². The first kappa shape index (κ1) is 22.4. The van der Waals surface area contributed by atoms with Gasteiger partial charge in [-0.1, -0.05) is 6.07 Å². The predicted molar refractivity (Wildman–Crippen MR) is 131 cm³/mol. The third kappa shape index (κ3) is 2.83. The van der Waals surface area contributed by atoms with Gasteiger partial charge >= 0.3 is 0 Å². The molecule has 1 aromatic heterocycles. The first-order valence-electron chi connectivity index (χ1n) is 13.1. The lowest BCUT2D eigenvalue weighted by molar-refractivity contribution is -0.924. The SMILES string of the molecule is CN(C(=O)/C=C/c1ccoc1)[C@H]1CC[C@@]2(O)[C@H]3Cc4ccc(O)c5c4[C@@]2(CC[N+]3([O-])CC2CC2)[C@H]1O5. The van der Waals surface area contributed by atoms with Gasteiger partial charge in [0.25, 0.3) is 0 Å². The van der Waals surface area contributed by atoms with E-state index in [0.717, 1.165) is 29.5 Å². The lowest BCUT2D eigenvalue weighted by Gasteiger charge is -2.68. The summed E-state index contributed by atoms with van der Waals surface area (Å²) in [5.41, 5.74) is 0.591. The fourth-order valence-electron chi connectivity index (χ4n) is 7.95. The normalized spacial score (nSPS) is 38.0. The van der Waals surface area contributed by atoms with E-state index in [1.807, 2.05) is 6.07 Å². The molecule has 3 fully saturated rings. The van der Waals surface area contributed by atoms with E-state index >= 15 is 0 Å². The number of carbonyl (C=O) groups is 1. The number of furan rings is 1. The molecule has 2 N–H and O–H groups in total. The largest absolute Gasteiger partial charge is 0.632 e. The molecular formula is C28H32N2O6. The Kier molecular flexibility index (Phi) is 4.58. The summed E-state index contributed by atoms with van der Waals surface area (Å²) in [6, 6.07) is 4.54. The Bertz CT molecular complexity index is 1250. The number of ether oxygens (including phenoxy) is 1. The van der Waals surface area contributed by atoms with Gasteiger partial charge in [-0.15, -0.1) is 0 Å². The van der Waals surface area contributed by atoms with Crippen LogP contribution >= 0.6 is 0 Å². The minimum Gasteiger partial charge on any atom is -0.632 e. The van der Waals surface area contributed by atoms with Gasteiger partial charge in [0, 0.05) is 43.0 Å². The third-order valence-electron chi connectivity index (χ3n) is 9.83. The average molecular weight is 493 g/mol. The Morgan fingerprint density at radius 1 is 1.28 bits per heavy atom. The summed E-state index contributed by atoms with van der Waals surface area (Å²) in [6.45, 7) is 0.984. The van der Waals surface area contributed by atoms with Crippen molar-refractivity contribution in [3.8, 4) is 11.5 Å². The summed E-state index contributed by atoms with van der Waals surface area (Å²) in [6.07, 6.45) is 9.94. The van der Waals surface area contributed by atoms with Crippen LogP contribution in [-0.2, 0) is 16.6 Å². The van der Waals surface area contributed by atoms with Crippen LogP contribution in [0, 0.1) is 11.1 Å². The summed E-state index contributed by atoms with van der Waals surface area (Å²) in [7, 11) is 1.77. The number of benzene rings is 1. The Morgan fingerprint density at radius 3 is 2.86 bits per heavy atom. The maximum absolute atomic E-state index is 14.3. The molecular weight excluding hydrogens is 460 g/mol. The number of hydroxylamine groups is 3. The van der Waals surface area contributed by atoms with E-state index in [1.54, 1.807) is 42.7 Å². The monoisotopic (exact) mass is 492 g/mol. The summed E-state index contributed by atoms with van der Waals surface area (Å²) in [4.78, 5) is 14.9. The minimum absolute atomic E-state index is 0.0531. The van der Waals surface area contributed by atoms with Crippen LogP contribution in [0.15, 0.2) is 41.2 Å². The van der Waals surface area contributed by atoms with Gasteiger partial charge in [0.2, 0.25) is 5.91 Å². The number of amides is 1. The number of likely N-dealkylation sites (N-methyl/N-ethyl adjacent to an activating group) is 1. The Hall–Kier alpha value is -2.81. The molecule has 2 saturated carbocycles. The van der Waals surface area contributed by atoms with E-state index in [4.69, 9.17) is 9.15 Å². The van der Waals surface area contributed by atoms with Crippen LogP contribution in [0.25, 0.3) is 6.08 Å². The molecule has 1 spiro atoms. The van der Waals surface area contributed by atoms with E-state index in [0.29, 0.717) is 50.4 Å². The second-order valence-electron chi connectivity index (χ2n) is 11.6. The third-order valence-corrected chi connectivity index (χ3v) is 9.83. The van der Waals surface area contributed by atoms with E-state index in [9.17, 15) is 20.2 Å². The Labute approximate surface area is 209 Å². The van der Waals surface area contributed by atoms with Crippen LogP contribution in [0.2, 0.25) is 0 Å². The number of likely N-dealkylation sites (tertiary alicyclic amines) is 1. The number of rotatable bonds is 5. The van der Waals surface area contributed by atoms with Gasteiger partial charge in [-0.25, -0.2) is 0 Å². The molecule has 0 radical (unpaired) electrons. The van der Waals surface area contributed by atoms with Gasteiger partial charge in [-0.3, -0.25) is 4.79 Å². The molecule has 190 valence electrons. The molecule has 36 heavy (non-hydrogen) atoms. The molecule has 1 saturated heterocycles. The molecule has 1 unspecified atom stereocenters. The number of aromatic hydroxyl groups is 1. The smallest absolute Gasteiger partial charge is 0.246 e. The van der Waals surface area contributed by atoms with Gasteiger partial charge in [-0.05, 0) is 49.5 Å². The highest BCUT2D eigenvalue weighted by atomic mass is 16.6. The molecule has 2 bridgehead atoms. The number of piperidine rings is 1. The predicted octanol–water partition coefficient (Wildman–Crippen LogP) is 3.10. The second kappa shape index (κ2) is 7.37. The van der Waals surface area contributed by atoms with Crippen molar-refractivity contribution in [3.63, 3.8) is 0 Å². The number of aliphatic hydroxyl groups is 1. The topological polar surface area (TPSA) is 106 Å². The highest BCUT2D eigenvalue weighted by Gasteiger charge is 2.76. The average Bonchev–Trinajstić information content (AvgIpc) is 3.36. The zero-order valence-corrected chi connectivity index (χ0v) is 20.4. The Morgan fingerprint density at radius 2 is 2.11 bits per heavy atom. The van der Waals surface area contributed by atoms with Gasteiger partial charge in [-0.2, -0.15) is 0 Å². The number of hydrogen-bond acceptors (Lipinski definition) is 6. The Balaban J connectivity index is 1.30. The van der Waals surface area contributed by atoms with Crippen molar-refractivity contribution < 1.29 is 28.8 Å². The van der Waals surface area contributed by atoms with Crippen LogP contribution < -0.4 is 4.74 Å². The van der Waals surface area contributed by atoms with Gasteiger partial charge in [0.1, 0.15) is 17.7 Å². The molecule has 1 amide bonds. The van der Waals surface area contributed by atoms with Crippen molar-refractivity contribution in [2.45, 2.75) is 67.7 Å². The van der Waals surface area contributed by atoms with Crippen LogP contribution in [0.3, 0.4) is 0 Å². The fraction of sp³-hybridized carbons (Fsp3) is 0.536. The maximum atomic E-state index is 14.3. The van der Waals surface area contributed by atoms with Gasteiger partial charge in [0.05, 0.1) is 37.1 Å². The van der Waals surface area contributed by atoms with E-state index in [1.165, 1.54) is 6.08 Å². The molecule has 2 aliphatic heterocycles. The number of carbonyl (C=O) groups excluding carboxylic acids is 1. The standard InChI is InChI=1S/C28H32N2O6/c1-29(23(32)7-4-18-9-13-35-16-18)20-8-10-28(33)22-14-19-5-6-21(31)25-24(19)27(28,26(20)36-25)11-12-30(22,34)15-17-2-3-17/h4-7,9,13,16-17,20,22,26,31,33H,2-3,8,10-12,14-15H2,1H3/b7-4+/t20-,22+,26-,27-,28+,30?/m0/s1. The molecule has 8 heteroatoms. The van der Waals surface area contributed by atoms with Crippen molar-refractivity contribution in [1.29, 1.82) is 0 Å². The highest BCUT2D eigenvalue weighted by molar-refractivity contribution is 5.91. The summed E-state index contributed by atoms with van der Waals surface area (Å²) in [5, 5.41) is 37.6. The number of phenolic OH excluding ortho intramolecular Hbond substituents is 1. The summed E-state index contributed by atoms with van der Waals surface area (Å²) >= 11 is 0. The molecule has 1 aromatic carbocycles. The number of quaternary nitrogens is 1. The molecule has 6 atom stereocenters. The molecule has 5 aliphatic rings. The number of phenols is 1. The maximum Gasteiger partial charge on any atom is 0.246 e. The lowest BCUT2D eigenvalue weighted by atomic mass is 9.48. The summed E-state index contributed by atoms with van der Waals surface area (Å²) in [5.74, 6) is 0.758. The van der Waals surface area contributed by atoms with Crippen molar-refractivity contribution >= 4 is 12.0 Å². The van der Waals surface area contributed by atoms with Gasteiger partial charge in [0.15, 0.2) is 11.5 Å². The second-order valence-corrected chi connectivity index (χ2v) is 11.6. The van der Waals surface area contributed by atoms with E-state index in [-0.39, 0.29) is 22.3 Å². The first-order valence-corrected chi connectivity index (χ1v) is 13.1. The van der Waals surface area contributed by atoms with Crippen LogP contribution in [0.4, 0.5) is 0 Å². The van der Waals surface area contributed by atoms with Crippen LogP contribution in [0.5, 0.6) is 11.5 Å². The molecule has 2 aromatic rings. The van der Waals surface area contributed by atoms with Crippen LogP contribution in [0.1, 0.15) is 48.8 Å². The first-order chi connectivity index (χ1) is 17.3. The lowest BCUT2D eigenvalue weighted by Crippen LogP contribution is -2.81. The van der Waals surface area contributed by atoms with E-state index < -0.39 is 23.2 Å². The molecule has 7 rings (SSSR count). The number of nitrogens with zero attached hydrogens (tertiary/aromatic N) is 2. The fourth-order valence-corrected chi connectivity index (χ4v) is 7.95. The van der Waals surface area contributed by atoms with Crippen molar-refractivity contribution in [2.75, 3.05) is 20.1 Å². The molecule has 3 heterocycles. The number of hydrogen-bond donors (Lipinski definition) is 2. The van der Waals surface area contributed by atoms with Crippen LogP contribution in [-0.4, -0.2) is 69.6 Å². The van der Waals surface area contributed by atoms with Crippen molar-refractivity contribution in [3.05, 3.63) is 58.7 Å². The summed E-state index contributed by atoms with van der Waals surface area (Å²) < 4.78 is 11.3. The molecule has 8 nitrogen and oxygen atoms in total.